The van der Waals surface area contributed by atoms with Crippen molar-refractivity contribution in [3.8, 4) is 0 Å². The van der Waals surface area contributed by atoms with Gasteiger partial charge >= 0.3 is 5.97 Å². The summed E-state index contributed by atoms with van der Waals surface area (Å²) in [6, 6.07) is 3.77. The Labute approximate surface area is 70.1 Å². The number of nitrogens with zero attached hydrogens (tertiary/aromatic N) is 1. The SMILES string of the molecule is O=C(O)[C@@H]1CC1c1cccnc1. The Morgan fingerprint density at radius 1 is 1.67 bits per heavy atom. The van der Waals surface area contributed by atoms with Crippen molar-refractivity contribution >= 4 is 5.97 Å². The summed E-state index contributed by atoms with van der Waals surface area (Å²) in [5.41, 5.74) is 1.05. The number of hydrogen-bond acceptors (Lipinski definition) is 2. The molecule has 0 aliphatic heterocycles. The van der Waals surface area contributed by atoms with Gasteiger partial charge in [0, 0.05) is 12.4 Å². The van der Waals surface area contributed by atoms with Crippen molar-refractivity contribution in [2.75, 3.05) is 0 Å². The highest BCUT2D eigenvalue weighted by Gasteiger charge is 2.44. The first kappa shape index (κ1) is 7.28. The van der Waals surface area contributed by atoms with Crippen LogP contribution in [0.25, 0.3) is 0 Å². The number of carbonyl (C=O) groups is 1. The standard InChI is InChI=1S/C9H9NO2/c11-9(12)8-4-7(8)6-2-1-3-10-5-6/h1-3,5,7-8H,4H2,(H,11,12)/t7?,8-/m1/s1. The molecule has 2 rings (SSSR count). The highest BCUT2D eigenvalue weighted by molar-refractivity contribution is 5.75. The quantitative estimate of drug-likeness (QED) is 0.714. The Morgan fingerprint density at radius 2 is 2.50 bits per heavy atom. The van der Waals surface area contributed by atoms with Gasteiger partial charge in [0.2, 0.25) is 0 Å². The topological polar surface area (TPSA) is 50.2 Å². The summed E-state index contributed by atoms with van der Waals surface area (Å²) in [6.45, 7) is 0. The summed E-state index contributed by atoms with van der Waals surface area (Å²) >= 11 is 0. The van der Waals surface area contributed by atoms with E-state index in [1.165, 1.54) is 0 Å². The summed E-state index contributed by atoms with van der Waals surface area (Å²) in [4.78, 5) is 14.5. The number of aromatic nitrogens is 1. The zero-order chi connectivity index (χ0) is 8.55. The molecule has 1 aliphatic rings. The number of aliphatic carboxylic acids is 1. The van der Waals surface area contributed by atoms with E-state index in [1.54, 1.807) is 12.4 Å². The van der Waals surface area contributed by atoms with E-state index in [4.69, 9.17) is 5.11 Å². The zero-order valence-electron chi connectivity index (χ0n) is 6.47. The van der Waals surface area contributed by atoms with Gasteiger partial charge in [0.15, 0.2) is 0 Å². The third-order valence-electron chi connectivity index (χ3n) is 2.22. The molecule has 0 spiro atoms. The molecule has 3 heteroatoms. The van der Waals surface area contributed by atoms with Crippen LogP contribution in [0.1, 0.15) is 17.9 Å². The summed E-state index contributed by atoms with van der Waals surface area (Å²) in [5, 5.41) is 8.66. The van der Waals surface area contributed by atoms with Crippen LogP contribution in [-0.4, -0.2) is 16.1 Å². The number of pyridine rings is 1. The van der Waals surface area contributed by atoms with Crippen LogP contribution in [0.2, 0.25) is 0 Å². The van der Waals surface area contributed by atoms with Gasteiger partial charge in [-0.1, -0.05) is 6.07 Å². The van der Waals surface area contributed by atoms with Gasteiger partial charge in [-0.15, -0.1) is 0 Å². The van der Waals surface area contributed by atoms with Crippen molar-refractivity contribution in [1.29, 1.82) is 0 Å². The van der Waals surface area contributed by atoms with E-state index in [-0.39, 0.29) is 11.8 Å². The van der Waals surface area contributed by atoms with E-state index in [1.807, 2.05) is 12.1 Å². The number of carboxylic acid groups (broad SMARTS) is 1. The van der Waals surface area contributed by atoms with Crippen molar-refractivity contribution in [1.82, 2.24) is 4.98 Å². The first-order chi connectivity index (χ1) is 5.79. The molecule has 3 nitrogen and oxygen atoms in total. The van der Waals surface area contributed by atoms with Crippen LogP contribution in [0.3, 0.4) is 0 Å². The van der Waals surface area contributed by atoms with Crippen LogP contribution >= 0.6 is 0 Å². The molecule has 1 saturated carbocycles. The maximum atomic E-state index is 10.5. The van der Waals surface area contributed by atoms with Crippen molar-refractivity contribution in [3.05, 3.63) is 30.1 Å². The highest BCUT2D eigenvalue weighted by Crippen LogP contribution is 2.47. The molecular formula is C9H9NO2. The van der Waals surface area contributed by atoms with Gasteiger partial charge in [0.25, 0.3) is 0 Å². The lowest BCUT2D eigenvalue weighted by Crippen LogP contribution is -1.98. The van der Waals surface area contributed by atoms with Gasteiger partial charge in [-0.3, -0.25) is 9.78 Å². The lowest BCUT2D eigenvalue weighted by Gasteiger charge is -1.94. The number of rotatable bonds is 2. The van der Waals surface area contributed by atoms with Gasteiger partial charge in [-0.05, 0) is 24.0 Å². The second kappa shape index (κ2) is 2.59. The molecule has 1 unspecified atom stereocenters. The predicted octanol–water partition coefficient (Wildman–Crippen LogP) is 1.27. The number of hydrogen-bond donors (Lipinski definition) is 1. The molecular weight excluding hydrogens is 154 g/mol. The van der Waals surface area contributed by atoms with Crippen LogP contribution in [0.4, 0.5) is 0 Å². The van der Waals surface area contributed by atoms with E-state index in [9.17, 15) is 4.79 Å². The summed E-state index contributed by atoms with van der Waals surface area (Å²) in [7, 11) is 0. The van der Waals surface area contributed by atoms with Crippen LogP contribution in [-0.2, 0) is 4.79 Å². The Morgan fingerprint density at radius 3 is 3.00 bits per heavy atom. The Balaban J connectivity index is 2.11. The molecule has 2 atom stereocenters. The highest BCUT2D eigenvalue weighted by atomic mass is 16.4. The minimum absolute atomic E-state index is 0.172. The van der Waals surface area contributed by atoms with Gasteiger partial charge in [-0.25, -0.2) is 0 Å². The summed E-state index contributed by atoms with van der Waals surface area (Å²) in [6.07, 6.45) is 4.20. The molecule has 0 bridgehead atoms. The molecule has 1 aromatic rings. The minimum Gasteiger partial charge on any atom is -0.481 e. The smallest absolute Gasteiger partial charge is 0.307 e. The van der Waals surface area contributed by atoms with Crippen molar-refractivity contribution < 1.29 is 9.90 Å². The van der Waals surface area contributed by atoms with E-state index in [2.05, 4.69) is 4.98 Å². The van der Waals surface area contributed by atoms with Crippen LogP contribution in [0, 0.1) is 5.92 Å². The second-order valence-electron chi connectivity index (χ2n) is 3.07. The third-order valence-corrected chi connectivity index (χ3v) is 2.22. The Hall–Kier alpha value is -1.38. The fourth-order valence-electron chi connectivity index (χ4n) is 1.43. The van der Waals surface area contributed by atoms with Gasteiger partial charge in [0.05, 0.1) is 5.92 Å². The molecule has 0 saturated heterocycles. The molecule has 12 heavy (non-hydrogen) atoms. The molecule has 0 radical (unpaired) electrons. The maximum absolute atomic E-state index is 10.5. The first-order valence-corrected chi connectivity index (χ1v) is 3.92. The molecule has 1 aromatic heterocycles. The monoisotopic (exact) mass is 163 g/mol. The molecule has 1 N–H and O–H groups in total. The number of carboxylic acids is 1. The lowest BCUT2D eigenvalue weighted by molar-refractivity contribution is -0.138. The predicted molar refractivity (Wildman–Crippen MR) is 42.7 cm³/mol. The van der Waals surface area contributed by atoms with Gasteiger partial charge in [-0.2, -0.15) is 0 Å². The maximum Gasteiger partial charge on any atom is 0.307 e. The molecule has 1 heterocycles. The Kier molecular flexibility index (Phi) is 1.57. The molecule has 1 fully saturated rings. The average molecular weight is 163 g/mol. The Bertz CT molecular complexity index is 297. The summed E-state index contributed by atoms with van der Waals surface area (Å²) in [5.74, 6) is -0.658. The van der Waals surface area contributed by atoms with Crippen molar-refractivity contribution in [3.63, 3.8) is 0 Å². The molecule has 0 amide bonds. The zero-order valence-corrected chi connectivity index (χ0v) is 6.47. The van der Waals surface area contributed by atoms with E-state index < -0.39 is 5.97 Å². The largest absolute Gasteiger partial charge is 0.481 e. The van der Waals surface area contributed by atoms with E-state index >= 15 is 0 Å². The van der Waals surface area contributed by atoms with Gasteiger partial charge < -0.3 is 5.11 Å². The van der Waals surface area contributed by atoms with Crippen molar-refractivity contribution in [2.45, 2.75) is 12.3 Å². The van der Waals surface area contributed by atoms with E-state index in [0.29, 0.717) is 0 Å². The third kappa shape index (κ3) is 1.18. The molecule has 0 aromatic carbocycles. The fraction of sp³-hybridized carbons (Fsp3) is 0.333. The van der Waals surface area contributed by atoms with E-state index in [0.717, 1.165) is 12.0 Å². The van der Waals surface area contributed by atoms with Gasteiger partial charge in [0.1, 0.15) is 0 Å². The second-order valence-corrected chi connectivity index (χ2v) is 3.07. The lowest BCUT2D eigenvalue weighted by atomic mass is 10.1. The molecule has 62 valence electrons. The average Bonchev–Trinajstić information content (AvgIpc) is 2.84. The fourth-order valence-corrected chi connectivity index (χ4v) is 1.43. The van der Waals surface area contributed by atoms with Crippen LogP contribution in [0.5, 0.6) is 0 Å². The minimum atomic E-state index is -0.691. The molecule has 1 aliphatic carbocycles. The first-order valence-electron chi connectivity index (χ1n) is 3.92. The van der Waals surface area contributed by atoms with Crippen LogP contribution < -0.4 is 0 Å². The van der Waals surface area contributed by atoms with Crippen molar-refractivity contribution in [2.24, 2.45) is 5.92 Å². The normalized spacial score (nSPS) is 26.7. The summed E-state index contributed by atoms with van der Waals surface area (Å²) < 4.78 is 0. The van der Waals surface area contributed by atoms with Crippen LogP contribution in [0.15, 0.2) is 24.5 Å².